The first-order valence-electron chi connectivity index (χ1n) is 7.61. The summed E-state index contributed by atoms with van der Waals surface area (Å²) < 4.78 is 39.6. The Hall–Kier alpha value is -2.89. The largest absolute Gasteiger partial charge is 0.497 e. The van der Waals surface area contributed by atoms with Gasteiger partial charge in [-0.3, -0.25) is 4.79 Å². The Balaban J connectivity index is 2.19. The van der Waals surface area contributed by atoms with Crippen molar-refractivity contribution in [3.05, 3.63) is 59.7 Å². The molecule has 4 nitrogen and oxygen atoms in total. The van der Waals surface area contributed by atoms with Crippen LogP contribution < -0.4 is 14.2 Å². The van der Waals surface area contributed by atoms with E-state index in [-0.39, 0.29) is 17.3 Å². The van der Waals surface area contributed by atoms with Gasteiger partial charge in [-0.1, -0.05) is 24.3 Å². The summed E-state index contributed by atoms with van der Waals surface area (Å²) in [5.74, 6) is 0.531. The first kappa shape index (κ1) is 18.4. The average molecular weight is 348 g/mol. The lowest BCUT2D eigenvalue weighted by atomic mass is 10.1. The van der Waals surface area contributed by atoms with Gasteiger partial charge in [-0.25, -0.2) is 0 Å². The number of benzene rings is 2. The molecule has 0 atom stereocenters. The molecule has 25 heavy (non-hydrogen) atoms. The number of methoxy groups -OCH3 is 1. The van der Waals surface area contributed by atoms with E-state index in [2.05, 4.69) is 4.74 Å². The number of allylic oxidation sites excluding steroid dienone is 1. The third kappa shape index (κ3) is 5.31. The summed E-state index contributed by atoms with van der Waals surface area (Å²) in [6.45, 7) is -0.897. The monoisotopic (exact) mass is 348 g/mol. The molecule has 0 unspecified atom stereocenters. The van der Waals surface area contributed by atoms with Crippen molar-refractivity contribution in [2.45, 2.75) is 13.5 Å². The van der Waals surface area contributed by atoms with Crippen molar-refractivity contribution in [3.8, 4) is 17.2 Å². The van der Waals surface area contributed by atoms with Crippen LogP contribution in [0.5, 0.6) is 17.2 Å². The summed E-state index contributed by atoms with van der Waals surface area (Å²) in [6, 6.07) is 11.3. The van der Waals surface area contributed by atoms with Crippen LogP contribution in [0.25, 0.3) is 6.08 Å². The Bertz CT molecular complexity index is 757. The molecule has 0 aromatic heterocycles. The zero-order valence-corrected chi connectivity index (χ0v) is 13.9. The minimum Gasteiger partial charge on any atom is -0.497 e. The van der Waals surface area contributed by atoms with Gasteiger partial charge in [0.2, 0.25) is 0 Å². The summed E-state index contributed by atoms with van der Waals surface area (Å²) in [5.41, 5.74) is 1.11. The van der Waals surface area contributed by atoms with Crippen molar-refractivity contribution in [1.82, 2.24) is 0 Å². The van der Waals surface area contributed by atoms with Gasteiger partial charge in [-0.15, -0.1) is 0 Å². The molecule has 2 aromatic carbocycles. The number of rotatable bonds is 8. The molecule has 2 rings (SSSR count). The number of carbonyl (C=O) groups excluding carboxylic acids is 1. The maximum Gasteiger partial charge on any atom is 0.387 e. The predicted octanol–water partition coefficient (Wildman–Crippen LogP) is 4.59. The standard InChI is InChI=1S/C19H18F2O4/c1-3-24-18-11-13(8-10-17(18)25-19(20)21)7-9-16(22)14-5-4-6-15(12-14)23-2/h4-12,19H,3H2,1-2H3/b9-7+. The van der Waals surface area contributed by atoms with Crippen molar-refractivity contribution < 1.29 is 27.8 Å². The van der Waals surface area contributed by atoms with Crippen LogP contribution in [0.3, 0.4) is 0 Å². The SMILES string of the molecule is CCOc1cc(/C=C/C(=O)c2cccc(OC)c2)ccc1OC(F)F. The summed E-state index contributed by atoms with van der Waals surface area (Å²) >= 11 is 0. The van der Waals surface area contributed by atoms with E-state index in [1.807, 2.05) is 0 Å². The molecule has 0 radical (unpaired) electrons. The van der Waals surface area contributed by atoms with Gasteiger partial charge < -0.3 is 14.2 Å². The van der Waals surface area contributed by atoms with E-state index in [1.54, 1.807) is 43.3 Å². The highest BCUT2D eigenvalue weighted by molar-refractivity contribution is 6.07. The molecule has 6 heteroatoms. The Morgan fingerprint density at radius 2 is 1.96 bits per heavy atom. The number of ether oxygens (including phenoxy) is 3. The van der Waals surface area contributed by atoms with Crippen molar-refractivity contribution in [3.63, 3.8) is 0 Å². The van der Waals surface area contributed by atoms with Gasteiger partial charge in [0.15, 0.2) is 17.3 Å². The summed E-state index contributed by atoms with van der Waals surface area (Å²) in [4.78, 5) is 12.2. The van der Waals surface area contributed by atoms with E-state index in [4.69, 9.17) is 9.47 Å². The molecule has 0 saturated carbocycles. The van der Waals surface area contributed by atoms with Gasteiger partial charge in [-0.2, -0.15) is 8.78 Å². The van der Waals surface area contributed by atoms with E-state index in [0.717, 1.165) is 0 Å². The second-order valence-corrected chi connectivity index (χ2v) is 4.95. The molecule has 0 amide bonds. The van der Waals surface area contributed by atoms with Crippen molar-refractivity contribution in [1.29, 1.82) is 0 Å². The molecule has 0 spiro atoms. The predicted molar refractivity (Wildman–Crippen MR) is 90.6 cm³/mol. The summed E-state index contributed by atoms with van der Waals surface area (Å²) in [6.07, 6.45) is 2.98. The Labute approximate surface area is 144 Å². The minimum atomic E-state index is -2.93. The van der Waals surface area contributed by atoms with Gasteiger partial charge in [0.25, 0.3) is 0 Å². The molecule has 132 valence electrons. The van der Waals surface area contributed by atoms with Crippen molar-refractivity contribution >= 4 is 11.9 Å². The molecule has 0 heterocycles. The van der Waals surface area contributed by atoms with Gasteiger partial charge in [0.1, 0.15) is 5.75 Å². The number of hydrogen-bond donors (Lipinski definition) is 0. The third-order valence-electron chi connectivity index (χ3n) is 3.27. The van der Waals surface area contributed by atoms with Crippen LogP contribution in [0, 0.1) is 0 Å². The molecule has 0 fully saturated rings. The van der Waals surface area contributed by atoms with Gasteiger partial charge in [-0.05, 0) is 42.8 Å². The Morgan fingerprint density at radius 1 is 1.16 bits per heavy atom. The lowest BCUT2D eigenvalue weighted by Crippen LogP contribution is -2.04. The lowest BCUT2D eigenvalue weighted by Gasteiger charge is -2.11. The number of carbonyl (C=O) groups is 1. The zero-order valence-electron chi connectivity index (χ0n) is 13.9. The molecule has 0 aliphatic rings. The maximum absolute atomic E-state index is 12.4. The highest BCUT2D eigenvalue weighted by Crippen LogP contribution is 2.30. The smallest absolute Gasteiger partial charge is 0.387 e. The first-order chi connectivity index (χ1) is 12.0. The second-order valence-electron chi connectivity index (χ2n) is 4.95. The molecule has 0 aliphatic heterocycles. The molecular formula is C19H18F2O4. The third-order valence-corrected chi connectivity index (χ3v) is 3.27. The summed E-state index contributed by atoms with van der Waals surface area (Å²) in [5, 5.41) is 0. The second kappa shape index (κ2) is 8.82. The van der Waals surface area contributed by atoms with Gasteiger partial charge >= 0.3 is 6.61 Å². The Kier molecular flexibility index (Phi) is 6.51. The molecule has 0 N–H and O–H groups in total. The molecule has 0 aliphatic carbocycles. The quantitative estimate of drug-likeness (QED) is 0.517. The van der Waals surface area contributed by atoms with Crippen LogP contribution in [0.2, 0.25) is 0 Å². The van der Waals surface area contributed by atoms with Crippen LogP contribution in [0.1, 0.15) is 22.8 Å². The topological polar surface area (TPSA) is 44.8 Å². The van der Waals surface area contributed by atoms with Crippen LogP contribution >= 0.6 is 0 Å². The van der Waals surface area contributed by atoms with E-state index < -0.39 is 6.61 Å². The fourth-order valence-corrected chi connectivity index (χ4v) is 2.13. The Morgan fingerprint density at radius 3 is 2.64 bits per heavy atom. The summed E-state index contributed by atoms with van der Waals surface area (Å²) in [7, 11) is 1.53. The molecular weight excluding hydrogens is 330 g/mol. The lowest BCUT2D eigenvalue weighted by molar-refractivity contribution is -0.0514. The number of alkyl halides is 2. The van der Waals surface area contributed by atoms with Crippen LogP contribution in [-0.4, -0.2) is 26.1 Å². The van der Waals surface area contributed by atoms with Gasteiger partial charge in [0.05, 0.1) is 13.7 Å². The van der Waals surface area contributed by atoms with E-state index >= 15 is 0 Å². The van der Waals surface area contributed by atoms with Crippen LogP contribution in [-0.2, 0) is 0 Å². The minimum absolute atomic E-state index is 0.0480. The fraction of sp³-hybridized carbons (Fsp3) is 0.211. The molecule has 2 aromatic rings. The van der Waals surface area contributed by atoms with Crippen molar-refractivity contribution in [2.75, 3.05) is 13.7 Å². The highest BCUT2D eigenvalue weighted by Gasteiger charge is 2.11. The highest BCUT2D eigenvalue weighted by atomic mass is 19.3. The number of hydrogen-bond acceptors (Lipinski definition) is 4. The van der Waals surface area contributed by atoms with E-state index in [1.165, 1.54) is 25.3 Å². The molecule has 0 saturated heterocycles. The zero-order chi connectivity index (χ0) is 18.2. The normalized spacial score (nSPS) is 10.9. The van der Waals surface area contributed by atoms with E-state index in [0.29, 0.717) is 23.5 Å². The van der Waals surface area contributed by atoms with E-state index in [9.17, 15) is 13.6 Å². The van der Waals surface area contributed by atoms with Gasteiger partial charge in [0, 0.05) is 5.56 Å². The average Bonchev–Trinajstić information content (AvgIpc) is 2.61. The van der Waals surface area contributed by atoms with Crippen LogP contribution in [0.4, 0.5) is 8.78 Å². The number of ketones is 1. The number of halogens is 2. The molecule has 0 bridgehead atoms. The first-order valence-corrected chi connectivity index (χ1v) is 7.61. The van der Waals surface area contributed by atoms with Crippen LogP contribution in [0.15, 0.2) is 48.5 Å². The maximum atomic E-state index is 12.4. The fourth-order valence-electron chi connectivity index (χ4n) is 2.13. The van der Waals surface area contributed by atoms with Crippen molar-refractivity contribution in [2.24, 2.45) is 0 Å².